The molecule has 0 aromatic heterocycles. The first kappa shape index (κ1) is 20.7. The molecule has 0 atom stereocenters. The Morgan fingerprint density at radius 1 is 1.31 bits per heavy atom. The predicted octanol–water partition coefficient (Wildman–Crippen LogP) is 1.27. The van der Waals surface area contributed by atoms with Crippen LogP contribution in [0.3, 0.4) is 0 Å². The molecule has 1 aliphatic heterocycles. The van der Waals surface area contributed by atoms with Crippen LogP contribution < -0.4 is 14.8 Å². The van der Waals surface area contributed by atoms with Crippen molar-refractivity contribution >= 4 is 15.9 Å². The van der Waals surface area contributed by atoms with Crippen molar-refractivity contribution in [3.8, 4) is 5.75 Å². The molecule has 1 fully saturated rings. The molecule has 26 heavy (non-hydrogen) atoms. The van der Waals surface area contributed by atoms with Crippen LogP contribution in [0, 0.1) is 6.92 Å². The Bertz CT molecular complexity index is 713. The van der Waals surface area contributed by atoms with E-state index in [1.54, 1.807) is 19.1 Å². The summed E-state index contributed by atoms with van der Waals surface area (Å²) in [6.07, 6.45) is 2.61. The zero-order valence-electron chi connectivity index (χ0n) is 15.7. The van der Waals surface area contributed by atoms with Gasteiger partial charge in [-0.25, -0.2) is 13.1 Å². The molecule has 0 unspecified atom stereocenters. The molecular formula is C18H29N3O4S. The number of hydrogen-bond acceptors (Lipinski definition) is 5. The van der Waals surface area contributed by atoms with Crippen molar-refractivity contribution in [1.82, 2.24) is 14.9 Å². The van der Waals surface area contributed by atoms with E-state index in [0.29, 0.717) is 17.9 Å². The molecule has 0 bridgehead atoms. The number of carbonyl (C=O) groups is 1. The monoisotopic (exact) mass is 383 g/mol. The minimum Gasteiger partial charge on any atom is -0.484 e. The minimum absolute atomic E-state index is 0.0760. The number of rotatable bonds is 8. The molecule has 1 amide bonds. The number of aryl methyl sites for hydroxylation is 1. The normalized spacial score (nSPS) is 16.4. The zero-order valence-corrected chi connectivity index (χ0v) is 16.6. The Morgan fingerprint density at radius 3 is 2.62 bits per heavy atom. The highest BCUT2D eigenvalue weighted by Gasteiger charge is 2.19. The van der Waals surface area contributed by atoms with E-state index < -0.39 is 10.0 Å². The summed E-state index contributed by atoms with van der Waals surface area (Å²) in [7, 11) is -1.43. The second-order valence-electron chi connectivity index (χ2n) is 6.76. The summed E-state index contributed by atoms with van der Waals surface area (Å²) >= 11 is 0. The maximum absolute atomic E-state index is 12.1. The third-order valence-corrected chi connectivity index (χ3v) is 5.90. The summed E-state index contributed by atoms with van der Waals surface area (Å²) in [4.78, 5) is 14.5. The Morgan fingerprint density at radius 2 is 2.00 bits per heavy atom. The number of likely N-dealkylation sites (tertiary alicyclic amines) is 1. The molecule has 0 spiro atoms. The first-order valence-corrected chi connectivity index (χ1v) is 10.5. The summed E-state index contributed by atoms with van der Waals surface area (Å²) in [5.74, 6) is 0.359. The van der Waals surface area contributed by atoms with Gasteiger partial charge in [0.25, 0.3) is 5.91 Å². The highest BCUT2D eigenvalue weighted by molar-refractivity contribution is 7.89. The molecule has 7 nitrogen and oxygen atoms in total. The molecule has 1 saturated heterocycles. The lowest BCUT2D eigenvalue weighted by atomic mass is 10.1. The number of carbonyl (C=O) groups excluding carboxylic acids is 1. The van der Waals surface area contributed by atoms with E-state index in [0.717, 1.165) is 32.4 Å². The number of nitrogens with one attached hydrogen (secondary N) is 2. The fourth-order valence-electron chi connectivity index (χ4n) is 2.84. The molecule has 0 radical (unpaired) electrons. The van der Waals surface area contributed by atoms with Crippen LogP contribution in [0.1, 0.15) is 31.7 Å². The minimum atomic E-state index is -3.51. The maximum Gasteiger partial charge on any atom is 0.258 e. The van der Waals surface area contributed by atoms with Gasteiger partial charge in [-0.3, -0.25) is 4.79 Å². The van der Waals surface area contributed by atoms with Gasteiger partial charge in [-0.05, 0) is 70.1 Å². The summed E-state index contributed by atoms with van der Waals surface area (Å²) < 4.78 is 32.4. The van der Waals surface area contributed by atoms with Gasteiger partial charge >= 0.3 is 0 Å². The summed E-state index contributed by atoms with van der Waals surface area (Å²) in [6.45, 7) is 5.95. The SMILES string of the molecule is CCCNS(=O)(=O)c1ccc(OCC(=O)NC2CCN(C)CC2)c(C)c1. The van der Waals surface area contributed by atoms with E-state index in [2.05, 4.69) is 22.0 Å². The molecular weight excluding hydrogens is 354 g/mol. The Labute approximate surface area is 156 Å². The third-order valence-electron chi connectivity index (χ3n) is 4.44. The number of ether oxygens (including phenoxy) is 1. The van der Waals surface area contributed by atoms with E-state index in [-0.39, 0.29) is 23.5 Å². The smallest absolute Gasteiger partial charge is 0.258 e. The Hall–Kier alpha value is -1.64. The molecule has 1 aromatic rings. The van der Waals surface area contributed by atoms with Crippen LogP contribution in [0.15, 0.2) is 23.1 Å². The number of piperidine rings is 1. The average molecular weight is 384 g/mol. The van der Waals surface area contributed by atoms with Crippen LogP contribution in [-0.2, 0) is 14.8 Å². The number of benzene rings is 1. The Balaban J connectivity index is 1.88. The topological polar surface area (TPSA) is 87.7 Å². The fraction of sp³-hybridized carbons (Fsp3) is 0.611. The first-order valence-electron chi connectivity index (χ1n) is 9.03. The second-order valence-corrected chi connectivity index (χ2v) is 8.53. The summed E-state index contributed by atoms with van der Waals surface area (Å²) in [5, 5.41) is 2.99. The Kier molecular flexibility index (Phi) is 7.43. The van der Waals surface area contributed by atoms with Crippen molar-refractivity contribution in [3.63, 3.8) is 0 Å². The van der Waals surface area contributed by atoms with Crippen LogP contribution in [0.2, 0.25) is 0 Å². The van der Waals surface area contributed by atoms with Crippen molar-refractivity contribution in [1.29, 1.82) is 0 Å². The summed E-state index contributed by atoms with van der Waals surface area (Å²) in [6, 6.07) is 4.84. The van der Waals surface area contributed by atoms with Crippen molar-refractivity contribution in [2.45, 2.75) is 44.0 Å². The molecule has 0 aliphatic carbocycles. The molecule has 1 heterocycles. The molecule has 146 valence electrons. The average Bonchev–Trinajstić information content (AvgIpc) is 2.61. The van der Waals surface area contributed by atoms with Crippen LogP contribution in [-0.4, -0.2) is 58.6 Å². The molecule has 0 saturated carbocycles. The van der Waals surface area contributed by atoms with Gasteiger partial charge in [-0.15, -0.1) is 0 Å². The van der Waals surface area contributed by atoms with Gasteiger partial charge in [-0.1, -0.05) is 6.92 Å². The van der Waals surface area contributed by atoms with Crippen molar-refractivity contribution in [2.75, 3.05) is 33.3 Å². The first-order chi connectivity index (χ1) is 12.3. The fourth-order valence-corrected chi connectivity index (χ4v) is 4.05. The van der Waals surface area contributed by atoms with Gasteiger partial charge < -0.3 is 15.0 Å². The third kappa shape index (κ3) is 5.96. The van der Waals surface area contributed by atoms with Crippen LogP contribution in [0.5, 0.6) is 5.75 Å². The lowest BCUT2D eigenvalue weighted by molar-refractivity contribution is -0.124. The van der Waals surface area contributed by atoms with Gasteiger partial charge in [-0.2, -0.15) is 0 Å². The number of hydrogen-bond donors (Lipinski definition) is 2. The van der Waals surface area contributed by atoms with Gasteiger partial charge in [0.15, 0.2) is 6.61 Å². The number of nitrogens with zero attached hydrogens (tertiary/aromatic N) is 1. The maximum atomic E-state index is 12.1. The summed E-state index contributed by atoms with van der Waals surface area (Å²) in [5.41, 5.74) is 0.677. The van der Waals surface area contributed by atoms with Crippen molar-refractivity contribution in [2.24, 2.45) is 0 Å². The van der Waals surface area contributed by atoms with E-state index in [9.17, 15) is 13.2 Å². The van der Waals surface area contributed by atoms with Crippen LogP contribution in [0.4, 0.5) is 0 Å². The van der Waals surface area contributed by atoms with Gasteiger partial charge in [0.05, 0.1) is 4.90 Å². The van der Waals surface area contributed by atoms with E-state index >= 15 is 0 Å². The largest absolute Gasteiger partial charge is 0.484 e. The number of amides is 1. The van der Waals surface area contributed by atoms with Gasteiger partial charge in [0, 0.05) is 12.6 Å². The molecule has 8 heteroatoms. The van der Waals surface area contributed by atoms with Crippen LogP contribution in [0.25, 0.3) is 0 Å². The highest BCUT2D eigenvalue weighted by atomic mass is 32.2. The van der Waals surface area contributed by atoms with Gasteiger partial charge in [0.2, 0.25) is 10.0 Å². The van der Waals surface area contributed by atoms with E-state index in [4.69, 9.17) is 4.74 Å². The van der Waals surface area contributed by atoms with Gasteiger partial charge in [0.1, 0.15) is 5.75 Å². The van der Waals surface area contributed by atoms with Crippen molar-refractivity contribution in [3.05, 3.63) is 23.8 Å². The molecule has 1 aromatic carbocycles. The van der Waals surface area contributed by atoms with E-state index in [1.165, 1.54) is 6.07 Å². The predicted molar refractivity (Wildman–Crippen MR) is 101 cm³/mol. The van der Waals surface area contributed by atoms with E-state index in [1.807, 2.05) is 6.92 Å². The standard InChI is InChI=1S/C18H29N3O4S/c1-4-9-19-26(23,24)16-5-6-17(14(2)12-16)25-13-18(22)20-15-7-10-21(3)11-8-15/h5-6,12,15,19H,4,7-11,13H2,1-3H3,(H,20,22). The zero-order chi connectivity index (χ0) is 19.2. The lowest BCUT2D eigenvalue weighted by Crippen LogP contribution is -2.44. The molecule has 2 N–H and O–H groups in total. The molecule has 1 aliphatic rings. The number of sulfonamides is 1. The lowest BCUT2D eigenvalue weighted by Gasteiger charge is -2.29. The van der Waals surface area contributed by atoms with Crippen molar-refractivity contribution < 1.29 is 17.9 Å². The quantitative estimate of drug-likeness (QED) is 0.706. The van der Waals surface area contributed by atoms with Crippen LogP contribution >= 0.6 is 0 Å². The molecule has 2 rings (SSSR count). The second kappa shape index (κ2) is 9.34. The highest BCUT2D eigenvalue weighted by Crippen LogP contribution is 2.21.